The first-order chi connectivity index (χ1) is 12.9. The van der Waals surface area contributed by atoms with Gasteiger partial charge in [0.2, 0.25) is 5.91 Å². The lowest BCUT2D eigenvalue weighted by atomic mass is 10.1. The highest BCUT2D eigenvalue weighted by atomic mass is 19.1. The Morgan fingerprint density at radius 3 is 2.56 bits per heavy atom. The van der Waals surface area contributed by atoms with E-state index in [1.54, 1.807) is 29.8 Å². The number of aromatic nitrogens is 2. The number of pyridine rings is 1. The molecule has 3 aromatic rings. The lowest BCUT2D eigenvalue weighted by Crippen LogP contribution is -2.25. The fraction of sp³-hybridized carbons (Fsp3) is 0.250. The van der Waals surface area contributed by atoms with E-state index in [1.807, 2.05) is 6.92 Å². The number of amides is 1. The summed E-state index contributed by atoms with van der Waals surface area (Å²) in [5.74, 6) is 0.342. The fourth-order valence-electron chi connectivity index (χ4n) is 2.79. The van der Waals surface area contributed by atoms with Crippen molar-refractivity contribution in [2.45, 2.75) is 20.3 Å². The highest BCUT2D eigenvalue weighted by molar-refractivity contribution is 5.97. The van der Waals surface area contributed by atoms with Gasteiger partial charge in [0.1, 0.15) is 11.6 Å². The van der Waals surface area contributed by atoms with Gasteiger partial charge in [0.25, 0.3) is 0 Å². The number of carbonyl (C=O) groups is 2. The molecule has 7 heteroatoms. The van der Waals surface area contributed by atoms with Gasteiger partial charge in [-0.25, -0.2) is 9.37 Å². The number of fused-ring (bicyclic) bond motifs is 1. The number of aryl methyl sites for hydroxylation is 1. The number of ether oxygens (including phenoxy) is 1. The molecule has 0 saturated carbocycles. The number of benzene rings is 1. The number of Topliss-reactive ketones (excluding diaryl/α,β-unsaturated/α-hetero) is 1. The quantitative estimate of drug-likeness (QED) is 0.626. The summed E-state index contributed by atoms with van der Waals surface area (Å²) in [7, 11) is 1.69. The molecule has 0 unspecified atom stereocenters. The Hall–Kier alpha value is -3.22. The minimum Gasteiger partial charge on any atom is -0.482 e. The second kappa shape index (κ2) is 7.57. The molecule has 0 fully saturated rings. The molecule has 2 heterocycles. The van der Waals surface area contributed by atoms with E-state index in [2.05, 4.69) is 4.98 Å². The van der Waals surface area contributed by atoms with Crippen molar-refractivity contribution in [3.05, 3.63) is 59.7 Å². The molecule has 0 aliphatic carbocycles. The topological polar surface area (TPSA) is 63.9 Å². The number of imidazole rings is 1. The van der Waals surface area contributed by atoms with E-state index in [9.17, 15) is 14.0 Å². The molecule has 0 radical (unpaired) electrons. The zero-order valence-electron chi connectivity index (χ0n) is 15.4. The minimum absolute atomic E-state index is 0.107. The Kier molecular flexibility index (Phi) is 5.21. The Morgan fingerprint density at radius 2 is 1.93 bits per heavy atom. The molecular weight excluding hydrogens is 349 g/mol. The maximum absolute atomic E-state index is 13.0. The number of halogens is 1. The number of ketones is 1. The Bertz CT molecular complexity index is 996. The highest BCUT2D eigenvalue weighted by Gasteiger charge is 2.20. The first kappa shape index (κ1) is 18.6. The van der Waals surface area contributed by atoms with Crippen molar-refractivity contribution >= 4 is 23.2 Å². The zero-order chi connectivity index (χ0) is 19.6. The van der Waals surface area contributed by atoms with Crippen LogP contribution in [0, 0.1) is 5.82 Å². The number of anilines is 1. The second-order valence-electron chi connectivity index (χ2n) is 6.10. The minimum atomic E-state index is -0.399. The van der Waals surface area contributed by atoms with Crippen LogP contribution in [-0.2, 0) is 11.2 Å². The predicted molar refractivity (Wildman–Crippen MR) is 99.9 cm³/mol. The molecule has 2 aromatic heterocycles. The maximum atomic E-state index is 13.0. The summed E-state index contributed by atoms with van der Waals surface area (Å²) in [4.78, 5) is 30.2. The first-order valence-corrected chi connectivity index (χ1v) is 8.58. The van der Waals surface area contributed by atoms with Crippen LogP contribution in [0.25, 0.3) is 5.65 Å². The largest absolute Gasteiger partial charge is 0.482 e. The van der Waals surface area contributed by atoms with Gasteiger partial charge in [-0.3, -0.25) is 18.9 Å². The van der Waals surface area contributed by atoms with Gasteiger partial charge in [-0.2, -0.15) is 0 Å². The number of hydrogen-bond acceptors (Lipinski definition) is 4. The monoisotopic (exact) mass is 369 g/mol. The first-order valence-electron chi connectivity index (χ1n) is 8.58. The van der Waals surface area contributed by atoms with Crippen molar-refractivity contribution in [2.75, 3.05) is 18.6 Å². The summed E-state index contributed by atoms with van der Waals surface area (Å²) in [6, 6.07) is 8.80. The summed E-state index contributed by atoms with van der Waals surface area (Å²) < 4.78 is 20.5. The number of nitrogens with zero attached hydrogens (tertiary/aromatic N) is 3. The van der Waals surface area contributed by atoms with Crippen LogP contribution in [0.15, 0.2) is 42.6 Å². The molecular formula is C20H20FN3O3. The van der Waals surface area contributed by atoms with E-state index in [0.29, 0.717) is 29.2 Å². The summed E-state index contributed by atoms with van der Waals surface area (Å²) in [6.07, 6.45) is 2.44. The van der Waals surface area contributed by atoms with Crippen LogP contribution in [0.1, 0.15) is 29.9 Å². The van der Waals surface area contributed by atoms with Crippen molar-refractivity contribution in [1.29, 1.82) is 0 Å². The fourth-order valence-corrected chi connectivity index (χ4v) is 2.79. The van der Waals surface area contributed by atoms with Gasteiger partial charge < -0.3 is 4.74 Å². The second-order valence-corrected chi connectivity index (χ2v) is 6.10. The molecule has 3 rings (SSSR count). The van der Waals surface area contributed by atoms with Crippen LogP contribution in [0.4, 0.5) is 10.2 Å². The van der Waals surface area contributed by atoms with Crippen LogP contribution >= 0.6 is 0 Å². The molecule has 27 heavy (non-hydrogen) atoms. The molecule has 0 atom stereocenters. The number of rotatable bonds is 6. The Balaban J connectivity index is 1.90. The molecule has 6 nitrogen and oxygen atoms in total. The van der Waals surface area contributed by atoms with E-state index in [-0.39, 0.29) is 18.3 Å². The van der Waals surface area contributed by atoms with Gasteiger partial charge in [0.05, 0.1) is 5.69 Å². The van der Waals surface area contributed by atoms with Crippen LogP contribution in [0.2, 0.25) is 0 Å². The van der Waals surface area contributed by atoms with E-state index in [0.717, 1.165) is 5.69 Å². The smallest absolute Gasteiger partial charge is 0.224 e. The normalized spacial score (nSPS) is 10.8. The summed E-state index contributed by atoms with van der Waals surface area (Å²) in [5, 5.41) is 0. The van der Waals surface area contributed by atoms with Crippen molar-refractivity contribution < 1.29 is 18.7 Å². The third-order valence-electron chi connectivity index (χ3n) is 4.31. The van der Waals surface area contributed by atoms with Crippen LogP contribution < -0.4 is 9.64 Å². The summed E-state index contributed by atoms with van der Waals surface area (Å²) >= 11 is 0. The van der Waals surface area contributed by atoms with Gasteiger partial charge in [-0.15, -0.1) is 0 Å². The van der Waals surface area contributed by atoms with Gasteiger partial charge in [-0.1, -0.05) is 6.92 Å². The predicted octanol–water partition coefficient (Wildman–Crippen LogP) is 3.28. The average molecular weight is 369 g/mol. The van der Waals surface area contributed by atoms with Crippen molar-refractivity contribution in [2.24, 2.45) is 0 Å². The lowest BCUT2D eigenvalue weighted by molar-refractivity contribution is -0.116. The van der Waals surface area contributed by atoms with Crippen LogP contribution in [-0.4, -0.2) is 34.7 Å². The van der Waals surface area contributed by atoms with Crippen LogP contribution in [0.5, 0.6) is 5.75 Å². The summed E-state index contributed by atoms with van der Waals surface area (Å²) in [5.41, 5.74) is 1.66. The molecule has 0 aliphatic heterocycles. The van der Waals surface area contributed by atoms with Crippen molar-refractivity contribution in [3.8, 4) is 5.75 Å². The summed E-state index contributed by atoms with van der Waals surface area (Å²) in [6.45, 7) is 3.25. The Morgan fingerprint density at radius 1 is 1.22 bits per heavy atom. The van der Waals surface area contributed by atoms with Crippen LogP contribution in [0.3, 0.4) is 0 Å². The SMILES string of the molecule is CCc1nc2c(OCC(=O)c3ccc(F)cc3)cccn2c1N(C)C(C)=O. The van der Waals surface area contributed by atoms with E-state index < -0.39 is 5.82 Å². The maximum Gasteiger partial charge on any atom is 0.224 e. The average Bonchev–Trinajstić information content (AvgIpc) is 3.05. The van der Waals surface area contributed by atoms with Crippen molar-refractivity contribution in [1.82, 2.24) is 9.38 Å². The molecule has 0 N–H and O–H groups in total. The van der Waals surface area contributed by atoms with Crippen molar-refractivity contribution in [3.63, 3.8) is 0 Å². The molecule has 1 aromatic carbocycles. The van der Waals surface area contributed by atoms with E-state index in [4.69, 9.17) is 4.74 Å². The number of hydrogen-bond donors (Lipinski definition) is 0. The van der Waals surface area contributed by atoms with Gasteiger partial charge in [-0.05, 0) is 42.8 Å². The third-order valence-corrected chi connectivity index (χ3v) is 4.31. The third kappa shape index (κ3) is 3.67. The van der Waals surface area contributed by atoms with E-state index >= 15 is 0 Å². The standard InChI is InChI=1S/C20H20FN3O3/c1-4-16-20(23(3)13(2)25)24-11-5-6-18(19(24)22-16)27-12-17(26)14-7-9-15(21)10-8-14/h5-11H,4,12H2,1-3H3. The number of carbonyl (C=O) groups excluding carboxylic acids is 2. The molecule has 0 aliphatic rings. The van der Waals surface area contributed by atoms with Gasteiger partial charge >= 0.3 is 0 Å². The Labute approximate surface area is 156 Å². The van der Waals surface area contributed by atoms with E-state index in [1.165, 1.54) is 36.1 Å². The molecule has 0 saturated heterocycles. The van der Waals surface area contributed by atoms with Gasteiger partial charge in [0.15, 0.2) is 23.8 Å². The van der Waals surface area contributed by atoms with Gasteiger partial charge in [0, 0.05) is 25.7 Å². The molecule has 1 amide bonds. The highest BCUT2D eigenvalue weighted by Crippen LogP contribution is 2.28. The molecule has 0 bridgehead atoms. The zero-order valence-corrected chi connectivity index (χ0v) is 15.4. The lowest BCUT2D eigenvalue weighted by Gasteiger charge is -2.16. The molecule has 140 valence electrons. The molecule has 0 spiro atoms.